The second kappa shape index (κ2) is 5.97. The lowest BCUT2D eigenvalue weighted by molar-refractivity contribution is -0.137. The molecule has 0 saturated heterocycles. The van der Waals surface area contributed by atoms with Crippen molar-refractivity contribution in [1.29, 1.82) is 0 Å². The van der Waals surface area contributed by atoms with Crippen molar-refractivity contribution in [3.63, 3.8) is 0 Å². The van der Waals surface area contributed by atoms with Crippen LogP contribution < -0.4 is 5.32 Å². The van der Waals surface area contributed by atoms with Crippen LogP contribution in [0.1, 0.15) is 29.2 Å². The minimum absolute atomic E-state index is 0.364. The van der Waals surface area contributed by atoms with Crippen LogP contribution in [0, 0.1) is 0 Å². The van der Waals surface area contributed by atoms with E-state index in [0.29, 0.717) is 12.6 Å². The molecule has 0 saturated carbocycles. The number of alkyl halides is 3. The van der Waals surface area contributed by atoms with Crippen LogP contribution in [0.5, 0.6) is 0 Å². The quantitative estimate of drug-likeness (QED) is 0.916. The highest BCUT2D eigenvalue weighted by Crippen LogP contribution is 2.28. The summed E-state index contributed by atoms with van der Waals surface area (Å²) in [7, 11) is 0. The van der Waals surface area contributed by atoms with E-state index in [0.717, 1.165) is 28.7 Å². The van der Waals surface area contributed by atoms with Crippen molar-refractivity contribution in [1.82, 2.24) is 15.1 Å². The topological polar surface area (TPSA) is 29.9 Å². The maximum absolute atomic E-state index is 12.5. The first-order valence-electron chi connectivity index (χ1n) is 6.25. The Hall–Kier alpha value is -1.34. The number of hydrogen-bond acceptors (Lipinski definition) is 3. The molecule has 2 aromatic rings. The summed E-state index contributed by atoms with van der Waals surface area (Å²) >= 11 is 1.58. The van der Waals surface area contributed by atoms with Gasteiger partial charge in [0.05, 0.1) is 18.3 Å². The van der Waals surface area contributed by atoms with Crippen LogP contribution in [0.3, 0.4) is 0 Å². The first-order chi connectivity index (χ1) is 9.34. The first kappa shape index (κ1) is 15.1. The van der Waals surface area contributed by atoms with Gasteiger partial charge in [-0.3, -0.25) is 4.68 Å². The number of aromatic nitrogens is 2. The van der Waals surface area contributed by atoms with Gasteiger partial charge in [-0.05, 0) is 12.1 Å². The Balaban J connectivity index is 1.98. The summed E-state index contributed by atoms with van der Waals surface area (Å²) in [5, 5.41) is 7.05. The molecule has 2 heterocycles. The Labute approximate surface area is 119 Å². The monoisotopic (exact) mass is 303 g/mol. The minimum Gasteiger partial charge on any atom is -0.310 e. The van der Waals surface area contributed by atoms with E-state index in [9.17, 15) is 13.2 Å². The molecule has 2 aromatic heterocycles. The highest BCUT2D eigenvalue weighted by molar-refractivity contribution is 7.11. The number of thiophene rings is 1. The van der Waals surface area contributed by atoms with Gasteiger partial charge in [-0.15, -0.1) is 11.3 Å². The van der Waals surface area contributed by atoms with E-state index in [2.05, 4.69) is 24.3 Å². The van der Waals surface area contributed by atoms with Crippen LogP contribution in [0.15, 0.2) is 24.5 Å². The predicted molar refractivity (Wildman–Crippen MR) is 72.6 cm³/mol. The van der Waals surface area contributed by atoms with E-state index < -0.39 is 11.7 Å². The second-order valence-corrected chi connectivity index (χ2v) is 6.08. The maximum Gasteiger partial charge on any atom is 0.419 e. The Morgan fingerprint density at radius 1 is 1.30 bits per heavy atom. The fraction of sp³-hybridized carbons (Fsp3) is 0.462. The van der Waals surface area contributed by atoms with E-state index >= 15 is 0 Å². The Morgan fingerprint density at radius 2 is 2.00 bits per heavy atom. The van der Waals surface area contributed by atoms with Crippen molar-refractivity contribution in [2.75, 3.05) is 0 Å². The molecule has 0 radical (unpaired) electrons. The van der Waals surface area contributed by atoms with Crippen molar-refractivity contribution in [3.8, 4) is 0 Å². The third kappa shape index (κ3) is 4.08. The third-order valence-corrected chi connectivity index (χ3v) is 3.75. The number of nitrogens with zero attached hydrogens (tertiary/aromatic N) is 2. The average Bonchev–Trinajstić information content (AvgIpc) is 2.95. The van der Waals surface area contributed by atoms with E-state index in [1.807, 2.05) is 12.1 Å². The van der Waals surface area contributed by atoms with Crippen molar-refractivity contribution in [2.24, 2.45) is 0 Å². The lowest BCUT2D eigenvalue weighted by Gasteiger charge is -2.05. The van der Waals surface area contributed by atoms with Gasteiger partial charge in [0.15, 0.2) is 0 Å². The lowest BCUT2D eigenvalue weighted by atomic mass is 10.3. The van der Waals surface area contributed by atoms with E-state index in [4.69, 9.17) is 0 Å². The molecule has 0 unspecified atom stereocenters. The van der Waals surface area contributed by atoms with Gasteiger partial charge >= 0.3 is 6.18 Å². The summed E-state index contributed by atoms with van der Waals surface area (Å²) in [6.45, 7) is 5.27. The van der Waals surface area contributed by atoms with Crippen molar-refractivity contribution < 1.29 is 13.2 Å². The second-order valence-electron chi connectivity index (χ2n) is 4.83. The van der Waals surface area contributed by atoms with Crippen molar-refractivity contribution in [3.05, 3.63) is 39.8 Å². The van der Waals surface area contributed by atoms with Gasteiger partial charge < -0.3 is 5.32 Å². The number of rotatable bonds is 5. The summed E-state index contributed by atoms with van der Waals surface area (Å²) in [4.78, 5) is 2.15. The number of hydrogen-bond donors (Lipinski definition) is 1. The molecule has 0 bridgehead atoms. The van der Waals surface area contributed by atoms with Crippen LogP contribution >= 0.6 is 11.3 Å². The zero-order chi connectivity index (χ0) is 14.8. The van der Waals surface area contributed by atoms with Gasteiger partial charge in [0, 0.05) is 28.5 Å². The van der Waals surface area contributed by atoms with Crippen LogP contribution in [0.4, 0.5) is 13.2 Å². The highest BCUT2D eigenvalue weighted by Gasteiger charge is 2.32. The highest BCUT2D eigenvalue weighted by atomic mass is 32.1. The van der Waals surface area contributed by atoms with Gasteiger partial charge in [-0.1, -0.05) is 13.8 Å². The van der Waals surface area contributed by atoms with Gasteiger partial charge in [-0.25, -0.2) is 0 Å². The fourth-order valence-electron chi connectivity index (χ4n) is 1.66. The van der Waals surface area contributed by atoms with Crippen molar-refractivity contribution >= 4 is 11.3 Å². The molecule has 7 heteroatoms. The Kier molecular flexibility index (Phi) is 4.49. The molecule has 0 aliphatic rings. The first-order valence-corrected chi connectivity index (χ1v) is 7.07. The van der Waals surface area contributed by atoms with Crippen LogP contribution in [-0.2, 0) is 19.3 Å². The van der Waals surface area contributed by atoms with Crippen LogP contribution in [0.2, 0.25) is 0 Å². The van der Waals surface area contributed by atoms with Gasteiger partial charge in [0.2, 0.25) is 0 Å². The standard InChI is InChI=1S/C13H16F3N3S/c1-9(2)17-6-11-3-4-12(20-11)8-19-7-10(5-18-19)13(14,15)16/h3-5,7,9,17H,6,8H2,1-2H3. The smallest absolute Gasteiger partial charge is 0.310 e. The molecule has 0 aromatic carbocycles. The van der Waals surface area contributed by atoms with Crippen LogP contribution in [0.25, 0.3) is 0 Å². The zero-order valence-corrected chi connectivity index (χ0v) is 12.1. The number of halogens is 3. The fourth-order valence-corrected chi connectivity index (χ4v) is 2.62. The van der Waals surface area contributed by atoms with Crippen LogP contribution in [-0.4, -0.2) is 15.8 Å². The van der Waals surface area contributed by atoms with E-state index in [1.54, 1.807) is 11.3 Å². The molecule has 0 spiro atoms. The van der Waals surface area contributed by atoms with Gasteiger partial charge in [-0.2, -0.15) is 18.3 Å². The van der Waals surface area contributed by atoms with Gasteiger partial charge in [0.25, 0.3) is 0 Å². The molecular weight excluding hydrogens is 287 g/mol. The molecule has 0 aliphatic heterocycles. The normalized spacial score (nSPS) is 12.3. The summed E-state index contributed by atoms with van der Waals surface area (Å²) in [6.07, 6.45) is -2.44. The molecule has 0 fully saturated rings. The predicted octanol–water partition coefficient (Wildman–Crippen LogP) is 3.51. The molecule has 20 heavy (non-hydrogen) atoms. The van der Waals surface area contributed by atoms with Gasteiger partial charge in [0.1, 0.15) is 0 Å². The molecule has 2 rings (SSSR count). The molecule has 1 N–H and O–H groups in total. The summed E-state index contributed by atoms with van der Waals surface area (Å²) in [5.41, 5.74) is -0.712. The number of nitrogens with one attached hydrogen (secondary N) is 1. The largest absolute Gasteiger partial charge is 0.419 e. The third-order valence-electron chi connectivity index (χ3n) is 2.68. The molecular formula is C13H16F3N3S. The molecule has 110 valence electrons. The van der Waals surface area contributed by atoms with E-state index in [1.165, 1.54) is 4.68 Å². The summed E-state index contributed by atoms with van der Waals surface area (Å²) in [5.74, 6) is 0. The molecule has 0 amide bonds. The Morgan fingerprint density at radius 3 is 2.60 bits per heavy atom. The molecule has 0 atom stereocenters. The van der Waals surface area contributed by atoms with Crippen molar-refractivity contribution in [2.45, 2.75) is 39.2 Å². The Bertz CT molecular complexity index is 557. The summed E-state index contributed by atoms with van der Waals surface area (Å²) in [6, 6.07) is 4.32. The summed E-state index contributed by atoms with van der Waals surface area (Å²) < 4.78 is 38.7. The average molecular weight is 303 g/mol. The van der Waals surface area contributed by atoms with E-state index in [-0.39, 0.29) is 0 Å². The molecule has 0 aliphatic carbocycles. The maximum atomic E-state index is 12.5. The lowest BCUT2D eigenvalue weighted by Crippen LogP contribution is -2.21. The minimum atomic E-state index is -4.33. The zero-order valence-electron chi connectivity index (χ0n) is 11.2. The SMILES string of the molecule is CC(C)NCc1ccc(Cn2cc(C(F)(F)F)cn2)s1. The molecule has 3 nitrogen and oxygen atoms in total.